The van der Waals surface area contributed by atoms with Gasteiger partial charge in [0.1, 0.15) is 0 Å². The summed E-state index contributed by atoms with van der Waals surface area (Å²) in [6, 6.07) is 0. The van der Waals surface area contributed by atoms with Crippen molar-refractivity contribution in [2.75, 3.05) is 0 Å². The number of unbranched alkanes of at least 4 members (excludes halogenated alkanes) is 4. The summed E-state index contributed by atoms with van der Waals surface area (Å²) in [5.41, 5.74) is 0. The minimum Gasteiger partial charge on any atom is -0.0917 e. The average molecular weight is 178 g/mol. The standard InChI is InChI=1S/C13H22/c1-3-5-7-9-11-13-12-10-8-6-4-2/h3-7,9H,8,10-13H2,1-2H3. The van der Waals surface area contributed by atoms with Gasteiger partial charge in [-0.15, -0.1) is 0 Å². The van der Waals surface area contributed by atoms with E-state index in [-0.39, 0.29) is 0 Å². The van der Waals surface area contributed by atoms with Gasteiger partial charge in [-0.2, -0.15) is 0 Å². The van der Waals surface area contributed by atoms with Gasteiger partial charge in [-0.3, -0.25) is 0 Å². The van der Waals surface area contributed by atoms with Gasteiger partial charge in [0.05, 0.1) is 0 Å². The maximum absolute atomic E-state index is 2.25. The normalized spacial score (nSPS) is 12.5. The van der Waals surface area contributed by atoms with Crippen LogP contribution < -0.4 is 0 Å². The van der Waals surface area contributed by atoms with Crippen molar-refractivity contribution in [1.29, 1.82) is 0 Å². The second kappa shape index (κ2) is 11.2. The van der Waals surface area contributed by atoms with E-state index in [4.69, 9.17) is 0 Å². The van der Waals surface area contributed by atoms with Crippen molar-refractivity contribution in [2.24, 2.45) is 0 Å². The Morgan fingerprint density at radius 2 is 1.38 bits per heavy atom. The molecule has 0 aromatic rings. The molecule has 0 spiro atoms. The van der Waals surface area contributed by atoms with Crippen LogP contribution in [0.3, 0.4) is 0 Å². The minimum atomic E-state index is 1.22. The molecule has 0 bridgehead atoms. The molecule has 0 radical (unpaired) electrons. The second-order valence-corrected chi connectivity index (χ2v) is 3.16. The summed E-state index contributed by atoms with van der Waals surface area (Å²) < 4.78 is 0. The van der Waals surface area contributed by atoms with Crippen molar-refractivity contribution in [1.82, 2.24) is 0 Å². The van der Waals surface area contributed by atoms with Gasteiger partial charge in [0, 0.05) is 0 Å². The van der Waals surface area contributed by atoms with E-state index < -0.39 is 0 Å². The lowest BCUT2D eigenvalue weighted by atomic mass is 10.1. The topological polar surface area (TPSA) is 0 Å². The van der Waals surface area contributed by atoms with E-state index in [1.165, 1.54) is 32.1 Å². The van der Waals surface area contributed by atoms with Crippen molar-refractivity contribution in [3.05, 3.63) is 36.5 Å². The Hall–Kier alpha value is -0.780. The van der Waals surface area contributed by atoms with Crippen LogP contribution >= 0.6 is 0 Å². The Labute approximate surface area is 83.0 Å². The first-order valence-corrected chi connectivity index (χ1v) is 5.30. The molecule has 13 heavy (non-hydrogen) atoms. The number of rotatable bonds is 7. The van der Waals surface area contributed by atoms with Crippen molar-refractivity contribution in [3.63, 3.8) is 0 Å². The maximum atomic E-state index is 2.25. The molecule has 0 aliphatic heterocycles. The van der Waals surface area contributed by atoms with Gasteiger partial charge < -0.3 is 0 Å². The molecule has 74 valence electrons. The molecular formula is C13H22. The molecule has 0 nitrogen and oxygen atoms in total. The summed E-state index contributed by atoms with van der Waals surface area (Å²) in [4.78, 5) is 0. The molecule has 0 aromatic heterocycles. The second-order valence-electron chi connectivity index (χ2n) is 3.16. The molecular weight excluding hydrogens is 156 g/mol. The first-order valence-electron chi connectivity index (χ1n) is 5.30. The third kappa shape index (κ3) is 11.2. The summed E-state index contributed by atoms with van der Waals surface area (Å²) in [6.07, 6.45) is 19.4. The summed E-state index contributed by atoms with van der Waals surface area (Å²) in [5.74, 6) is 0. The highest BCUT2D eigenvalue weighted by molar-refractivity contribution is 5.00. The molecule has 0 amide bonds. The summed E-state index contributed by atoms with van der Waals surface area (Å²) in [6.45, 7) is 4.13. The Morgan fingerprint density at radius 3 is 2.00 bits per heavy atom. The van der Waals surface area contributed by atoms with E-state index in [1.807, 2.05) is 6.92 Å². The van der Waals surface area contributed by atoms with E-state index in [9.17, 15) is 0 Å². The first kappa shape index (κ1) is 12.2. The molecule has 0 saturated carbocycles. The highest BCUT2D eigenvalue weighted by Crippen LogP contribution is 2.04. The van der Waals surface area contributed by atoms with Gasteiger partial charge in [0.25, 0.3) is 0 Å². The van der Waals surface area contributed by atoms with E-state index in [0.717, 1.165) is 0 Å². The lowest BCUT2D eigenvalue weighted by Crippen LogP contribution is -1.74. The molecule has 0 aliphatic carbocycles. The van der Waals surface area contributed by atoms with E-state index in [1.54, 1.807) is 0 Å². The van der Waals surface area contributed by atoms with E-state index >= 15 is 0 Å². The molecule has 0 aromatic carbocycles. The quantitative estimate of drug-likeness (QED) is 0.302. The van der Waals surface area contributed by atoms with Gasteiger partial charge in [0.2, 0.25) is 0 Å². The lowest BCUT2D eigenvalue weighted by molar-refractivity contribution is 0.696. The fourth-order valence-corrected chi connectivity index (χ4v) is 1.15. The van der Waals surface area contributed by atoms with Crippen LogP contribution in [0.4, 0.5) is 0 Å². The molecule has 0 atom stereocenters. The Morgan fingerprint density at radius 1 is 0.692 bits per heavy atom. The van der Waals surface area contributed by atoms with Crippen LogP contribution in [-0.4, -0.2) is 0 Å². The molecule has 0 fully saturated rings. The van der Waals surface area contributed by atoms with Gasteiger partial charge in [-0.1, -0.05) is 42.9 Å². The molecule has 0 saturated heterocycles. The highest BCUT2D eigenvalue weighted by atomic mass is 13.9. The van der Waals surface area contributed by atoms with Crippen LogP contribution in [0.15, 0.2) is 36.5 Å². The number of hydrogen-bond acceptors (Lipinski definition) is 0. The zero-order chi connectivity index (χ0) is 9.78. The monoisotopic (exact) mass is 178 g/mol. The van der Waals surface area contributed by atoms with E-state index in [2.05, 4.69) is 43.4 Å². The average Bonchev–Trinajstić information content (AvgIpc) is 2.16. The predicted octanol–water partition coefficient (Wildman–Crippen LogP) is 4.65. The zero-order valence-corrected chi connectivity index (χ0v) is 9.00. The Kier molecular flexibility index (Phi) is 10.5. The third-order valence-electron chi connectivity index (χ3n) is 1.92. The van der Waals surface area contributed by atoms with Crippen LogP contribution in [0, 0.1) is 0 Å². The third-order valence-corrected chi connectivity index (χ3v) is 1.92. The summed E-state index contributed by atoms with van der Waals surface area (Å²) in [7, 11) is 0. The van der Waals surface area contributed by atoms with Gasteiger partial charge >= 0.3 is 0 Å². The fraction of sp³-hybridized carbons (Fsp3) is 0.538. The zero-order valence-electron chi connectivity index (χ0n) is 9.00. The molecule has 0 rings (SSSR count). The van der Waals surface area contributed by atoms with Gasteiger partial charge in [-0.05, 0) is 39.5 Å². The minimum absolute atomic E-state index is 1.22. The first-order chi connectivity index (χ1) is 6.41. The Balaban J connectivity index is 3.07. The highest BCUT2D eigenvalue weighted by Gasteiger charge is 1.84. The predicted molar refractivity (Wildman–Crippen MR) is 61.9 cm³/mol. The van der Waals surface area contributed by atoms with Crippen LogP contribution in [0.25, 0.3) is 0 Å². The van der Waals surface area contributed by atoms with E-state index in [0.29, 0.717) is 0 Å². The molecule has 0 unspecified atom stereocenters. The molecule has 0 heteroatoms. The SMILES string of the molecule is CC=CC=CCCCCCC=CC. The molecule has 0 heterocycles. The van der Waals surface area contributed by atoms with Gasteiger partial charge in [0.15, 0.2) is 0 Å². The molecule has 0 aliphatic rings. The number of hydrogen-bond donors (Lipinski definition) is 0. The largest absolute Gasteiger partial charge is 0.0917 e. The van der Waals surface area contributed by atoms with Crippen molar-refractivity contribution >= 4 is 0 Å². The lowest BCUT2D eigenvalue weighted by Gasteiger charge is -1.94. The van der Waals surface area contributed by atoms with Crippen molar-refractivity contribution in [3.8, 4) is 0 Å². The summed E-state index contributed by atoms with van der Waals surface area (Å²) in [5, 5.41) is 0. The maximum Gasteiger partial charge on any atom is -0.0348 e. The summed E-state index contributed by atoms with van der Waals surface area (Å²) >= 11 is 0. The smallest absolute Gasteiger partial charge is 0.0348 e. The fourth-order valence-electron chi connectivity index (χ4n) is 1.15. The van der Waals surface area contributed by atoms with Crippen LogP contribution in [0.2, 0.25) is 0 Å². The van der Waals surface area contributed by atoms with Crippen molar-refractivity contribution < 1.29 is 0 Å². The van der Waals surface area contributed by atoms with Crippen LogP contribution in [-0.2, 0) is 0 Å². The Bertz CT molecular complexity index is 161. The molecule has 0 N–H and O–H groups in total. The van der Waals surface area contributed by atoms with Crippen LogP contribution in [0.5, 0.6) is 0 Å². The number of allylic oxidation sites excluding steroid dienone is 6. The van der Waals surface area contributed by atoms with Crippen molar-refractivity contribution in [2.45, 2.75) is 46.0 Å². The van der Waals surface area contributed by atoms with Crippen LogP contribution in [0.1, 0.15) is 46.0 Å². The van der Waals surface area contributed by atoms with Gasteiger partial charge in [-0.25, -0.2) is 0 Å².